The Bertz CT molecular complexity index is 371. The number of hydrogen-bond donors (Lipinski definition) is 0. The molecule has 1 saturated heterocycles. The predicted molar refractivity (Wildman–Crippen MR) is 73.5 cm³/mol. The average molecular weight is 247 g/mol. The maximum atomic E-state index is 4.27. The maximum absolute atomic E-state index is 4.27. The van der Waals surface area contributed by atoms with Gasteiger partial charge < -0.3 is 4.90 Å². The van der Waals surface area contributed by atoms with Crippen LogP contribution in [0.5, 0.6) is 0 Å². The van der Waals surface area contributed by atoms with Crippen molar-refractivity contribution in [2.45, 2.75) is 51.0 Å². The van der Waals surface area contributed by atoms with Gasteiger partial charge in [-0.2, -0.15) is 5.10 Å². The van der Waals surface area contributed by atoms with Crippen LogP contribution in [0.15, 0.2) is 12.3 Å². The minimum Gasteiger partial charge on any atom is -0.300 e. The second kappa shape index (κ2) is 5.43. The Morgan fingerprint density at radius 1 is 1.17 bits per heavy atom. The zero-order valence-electron chi connectivity index (χ0n) is 11.5. The molecule has 0 radical (unpaired) electrons. The average Bonchev–Trinajstić information content (AvgIpc) is 3.03. The highest BCUT2D eigenvalue weighted by molar-refractivity contribution is 5.01. The molecule has 3 heteroatoms. The summed E-state index contributed by atoms with van der Waals surface area (Å²) in [6.45, 7) is 2.65. The Hall–Kier alpha value is -0.830. The fraction of sp³-hybridized carbons (Fsp3) is 0.800. The summed E-state index contributed by atoms with van der Waals surface area (Å²) in [6, 6.07) is 3.09. The van der Waals surface area contributed by atoms with Crippen molar-refractivity contribution >= 4 is 0 Å². The number of nitrogens with zero attached hydrogens (tertiary/aromatic N) is 3. The third-order valence-electron chi connectivity index (χ3n) is 4.91. The number of aromatic nitrogens is 2. The lowest BCUT2D eigenvalue weighted by molar-refractivity contribution is 0.133. The van der Waals surface area contributed by atoms with Crippen molar-refractivity contribution in [3.8, 4) is 0 Å². The molecular weight excluding hydrogens is 222 g/mol. The number of likely N-dealkylation sites (tertiary alicyclic amines) is 1. The van der Waals surface area contributed by atoms with E-state index in [9.17, 15) is 0 Å². The van der Waals surface area contributed by atoms with Crippen LogP contribution in [0, 0.1) is 5.92 Å². The third-order valence-corrected chi connectivity index (χ3v) is 4.91. The van der Waals surface area contributed by atoms with E-state index in [1.54, 1.807) is 0 Å². The molecule has 1 aliphatic carbocycles. The van der Waals surface area contributed by atoms with E-state index in [4.69, 9.17) is 0 Å². The van der Waals surface area contributed by atoms with Crippen LogP contribution in [0.25, 0.3) is 0 Å². The summed E-state index contributed by atoms with van der Waals surface area (Å²) >= 11 is 0. The van der Waals surface area contributed by atoms with Crippen molar-refractivity contribution in [2.24, 2.45) is 13.0 Å². The van der Waals surface area contributed by atoms with E-state index < -0.39 is 0 Å². The quantitative estimate of drug-likeness (QED) is 0.818. The van der Waals surface area contributed by atoms with Gasteiger partial charge in [-0.15, -0.1) is 0 Å². The van der Waals surface area contributed by atoms with Crippen LogP contribution in [-0.2, 0) is 13.5 Å². The number of aryl methyl sites for hydroxylation is 1. The van der Waals surface area contributed by atoms with Gasteiger partial charge in [-0.05, 0) is 57.2 Å². The van der Waals surface area contributed by atoms with E-state index in [1.807, 2.05) is 10.9 Å². The van der Waals surface area contributed by atoms with E-state index in [0.29, 0.717) is 0 Å². The van der Waals surface area contributed by atoms with Crippen molar-refractivity contribution in [3.63, 3.8) is 0 Å². The van der Waals surface area contributed by atoms with Gasteiger partial charge in [-0.3, -0.25) is 4.68 Å². The molecular formula is C15H25N3. The summed E-state index contributed by atoms with van der Waals surface area (Å²) in [5.41, 5.74) is 1.40. The molecule has 0 aromatic carbocycles. The molecule has 1 aromatic heterocycles. The molecule has 1 aromatic rings. The van der Waals surface area contributed by atoms with Crippen LogP contribution in [0.3, 0.4) is 0 Å². The lowest BCUT2D eigenvalue weighted by Crippen LogP contribution is -2.40. The molecule has 0 atom stereocenters. The van der Waals surface area contributed by atoms with Crippen LogP contribution >= 0.6 is 0 Å². The zero-order valence-corrected chi connectivity index (χ0v) is 11.5. The molecule has 0 amide bonds. The Labute approximate surface area is 110 Å². The fourth-order valence-electron chi connectivity index (χ4n) is 3.69. The minimum atomic E-state index is 0.873. The smallest absolute Gasteiger partial charge is 0.0492 e. The van der Waals surface area contributed by atoms with Gasteiger partial charge in [-0.25, -0.2) is 0 Å². The van der Waals surface area contributed by atoms with Gasteiger partial charge in [-0.1, -0.05) is 12.8 Å². The summed E-state index contributed by atoms with van der Waals surface area (Å²) in [6.07, 6.45) is 11.7. The van der Waals surface area contributed by atoms with E-state index >= 15 is 0 Å². The largest absolute Gasteiger partial charge is 0.300 e. The number of piperidine rings is 1. The molecule has 3 nitrogen and oxygen atoms in total. The van der Waals surface area contributed by atoms with Crippen molar-refractivity contribution < 1.29 is 0 Å². The summed E-state index contributed by atoms with van der Waals surface area (Å²) in [7, 11) is 2.06. The first-order chi connectivity index (χ1) is 8.83. The standard InChI is InChI=1S/C15H25N3/c1-17-15(6-9-16-17)12-13-7-10-18(11-8-13)14-4-2-3-5-14/h6,9,13-14H,2-5,7-8,10-12H2,1H3. The van der Waals surface area contributed by atoms with E-state index in [2.05, 4.69) is 23.1 Å². The van der Waals surface area contributed by atoms with Gasteiger partial charge in [0.25, 0.3) is 0 Å². The molecule has 1 saturated carbocycles. The topological polar surface area (TPSA) is 21.1 Å². The maximum Gasteiger partial charge on any atom is 0.0492 e. The molecule has 0 bridgehead atoms. The molecule has 0 unspecified atom stereocenters. The lowest BCUT2D eigenvalue weighted by Gasteiger charge is -2.36. The predicted octanol–water partition coefficient (Wildman–Crippen LogP) is 2.62. The molecule has 2 fully saturated rings. The van der Waals surface area contributed by atoms with E-state index in [0.717, 1.165) is 12.0 Å². The summed E-state index contributed by atoms with van der Waals surface area (Å²) < 4.78 is 2.03. The summed E-state index contributed by atoms with van der Waals surface area (Å²) in [5, 5.41) is 4.27. The Morgan fingerprint density at radius 2 is 1.89 bits per heavy atom. The minimum absolute atomic E-state index is 0.873. The summed E-state index contributed by atoms with van der Waals surface area (Å²) in [4.78, 5) is 2.76. The first-order valence-electron chi connectivity index (χ1n) is 7.54. The molecule has 2 heterocycles. The molecule has 100 valence electrons. The molecule has 2 aliphatic rings. The van der Waals surface area contributed by atoms with Gasteiger partial charge in [0.1, 0.15) is 0 Å². The zero-order chi connectivity index (χ0) is 12.4. The molecule has 0 spiro atoms. The normalized spacial score (nSPS) is 23.8. The van der Waals surface area contributed by atoms with Crippen LogP contribution in [0.1, 0.15) is 44.2 Å². The fourth-order valence-corrected chi connectivity index (χ4v) is 3.69. The molecule has 18 heavy (non-hydrogen) atoms. The second-order valence-corrected chi connectivity index (χ2v) is 6.07. The SMILES string of the molecule is Cn1nccc1CC1CCN(C2CCCC2)CC1. The van der Waals surface area contributed by atoms with Crippen LogP contribution < -0.4 is 0 Å². The van der Waals surface area contributed by atoms with Crippen LogP contribution in [0.2, 0.25) is 0 Å². The van der Waals surface area contributed by atoms with Crippen molar-refractivity contribution in [1.82, 2.24) is 14.7 Å². The summed E-state index contributed by atoms with van der Waals surface area (Å²) in [5.74, 6) is 0.873. The van der Waals surface area contributed by atoms with Crippen LogP contribution in [-0.4, -0.2) is 33.8 Å². The first kappa shape index (κ1) is 12.2. The Morgan fingerprint density at radius 3 is 2.50 bits per heavy atom. The van der Waals surface area contributed by atoms with Gasteiger partial charge in [0.05, 0.1) is 0 Å². The van der Waals surface area contributed by atoms with Gasteiger partial charge in [0.15, 0.2) is 0 Å². The highest BCUT2D eigenvalue weighted by Gasteiger charge is 2.27. The van der Waals surface area contributed by atoms with Gasteiger partial charge in [0, 0.05) is 25.0 Å². The van der Waals surface area contributed by atoms with Crippen molar-refractivity contribution in [3.05, 3.63) is 18.0 Å². The monoisotopic (exact) mass is 247 g/mol. The van der Waals surface area contributed by atoms with Crippen molar-refractivity contribution in [2.75, 3.05) is 13.1 Å². The lowest BCUT2D eigenvalue weighted by atomic mass is 9.91. The van der Waals surface area contributed by atoms with E-state index in [-0.39, 0.29) is 0 Å². The Balaban J connectivity index is 1.49. The second-order valence-electron chi connectivity index (χ2n) is 6.07. The molecule has 1 aliphatic heterocycles. The van der Waals surface area contributed by atoms with Crippen LogP contribution in [0.4, 0.5) is 0 Å². The van der Waals surface area contributed by atoms with Crippen molar-refractivity contribution in [1.29, 1.82) is 0 Å². The molecule has 3 rings (SSSR count). The van der Waals surface area contributed by atoms with E-state index in [1.165, 1.54) is 63.7 Å². The highest BCUT2D eigenvalue weighted by Crippen LogP contribution is 2.28. The number of hydrogen-bond acceptors (Lipinski definition) is 2. The Kier molecular flexibility index (Phi) is 3.69. The van der Waals surface area contributed by atoms with Gasteiger partial charge >= 0.3 is 0 Å². The molecule has 0 N–H and O–H groups in total. The first-order valence-corrected chi connectivity index (χ1v) is 7.54. The van der Waals surface area contributed by atoms with Gasteiger partial charge in [0.2, 0.25) is 0 Å². The number of rotatable bonds is 3. The highest BCUT2D eigenvalue weighted by atomic mass is 15.3. The third kappa shape index (κ3) is 2.61.